The molecular weight excluding hydrogens is 1430 g/mol. The molecule has 5 atom stereocenters. The van der Waals surface area contributed by atoms with Crippen molar-refractivity contribution in [3.63, 3.8) is 0 Å². The molecular formula is C91H148O17P2. The first kappa shape index (κ1) is 104. The third kappa shape index (κ3) is 80.2. The zero-order chi connectivity index (χ0) is 80.3. The van der Waals surface area contributed by atoms with Crippen molar-refractivity contribution in [1.29, 1.82) is 0 Å². The molecule has 110 heavy (non-hydrogen) atoms. The lowest BCUT2D eigenvalue weighted by Crippen LogP contribution is -2.30. The molecule has 3 N–H and O–H groups in total. The fourth-order valence-electron chi connectivity index (χ4n) is 10.6. The Labute approximate surface area is 666 Å². The van der Waals surface area contributed by atoms with Gasteiger partial charge in [-0.15, -0.1) is 0 Å². The number of unbranched alkanes of at least 4 members (excludes halogenated alkanes) is 21. The lowest BCUT2D eigenvalue weighted by Gasteiger charge is -2.21. The van der Waals surface area contributed by atoms with Gasteiger partial charge in [0.2, 0.25) is 0 Å². The van der Waals surface area contributed by atoms with Gasteiger partial charge in [-0.1, -0.05) is 319 Å². The molecule has 0 aromatic rings. The molecule has 0 heterocycles. The Morgan fingerprint density at radius 2 is 0.491 bits per heavy atom. The Balaban J connectivity index is 5.48. The van der Waals surface area contributed by atoms with Crippen LogP contribution in [-0.4, -0.2) is 96.7 Å². The van der Waals surface area contributed by atoms with Gasteiger partial charge < -0.3 is 33.8 Å². The van der Waals surface area contributed by atoms with Crippen LogP contribution in [0.4, 0.5) is 0 Å². The van der Waals surface area contributed by atoms with Crippen LogP contribution in [0.3, 0.4) is 0 Å². The molecule has 17 nitrogen and oxygen atoms in total. The average Bonchev–Trinajstić information content (AvgIpc) is 0.900. The molecule has 0 rings (SSSR count). The highest BCUT2D eigenvalue weighted by Gasteiger charge is 2.30. The van der Waals surface area contributed by atoms with Crippen molar-refractivity contribution in [2.45, 2.75) is 329 Å². The molecule has 624 valence electrons. The molecule has 0 bridgehead atoms. The van der Waals surface area contributed by atoms with Gasteiger partial charge in [0.1, 0.15) is 19.3 Å². The summed E-state index contributed by atoms with van der Waals surface area (Å²) in [6, 6.07) is 0. The minimum absolute atomic E-state index is 0.0260. The zero-order valence-electron chi connectivity index (χ0n) is 68.4. The van der Waals surface area contributed by atoms with E-state index in [2.05, 4.69) is 192 Å². The molecule has 19 heteroatoms. The quantitative estimate of drug-likeness (QED) is 0.0169. The molecule has 0 aliphatic carbocycles. The molecule has 5 unspecified atom stereocenters. The maximum Gasteiger partial charge on any atom is 0.472 e. The van der Waals surface area contributed by atoms with Crippen LogP contribution in [0, 0.1) is 0 Å². The van der Waals surface area contributed by atoms with E-state index in [9.17, 15) is 43.2 Å². The van der Waals surface area contributed by atoms with Gasteiger partial charge in [0.05, 0.1) is 26.4 Å². The van der Waals surface area contributed by atoms with Crippen LogP contribution in [0.5, 0.6) is 0 Å². The van der Waals surface area contributed by atoms with E-state index < -0.39 is 97.5 Å². The highest BCUT2D eigenvalue weighted by Crippen LogP contribution is 2.45. The van der Waals surface area contributed by atoms with Gasteiger partial charge in [-0.25, -0.2) is 9.13 Å². The Morgan fingerprint density at radius 1 is 0.264 bits per heavy atom. The largest absolute Gasteiger partial charge is 0.472 e. The predicted octanol–water partition coefficient (Wildman–Crippen LogP) is 25.1. The third-order valence-electron chi connectivity index (χ3n) is 16.9. The minimum atomic E-state index is -5.01. The Kier molecular flexibility index (Phi) is 76.9. The second-order valence-electron chi connectivity index (χ2n) is 27.3. The van der Waals surface area contributed by atoms with Gasteiger partial charge in [0.15, 0.2) is 12.2 Å². The maximum atomic E-state index is 13.1. The van der Waals surface area contributed by atoms with Crippen LogP contribution in [-0.2, 0) is 65.4 Å². The topological polar surface area (TPSA) is 237 Å². The van der Waals surface area contributed by atoms with Crippen molar-refractivity contribution < 1.29 is 80.2 Å². The van der Waals surface area contributed by atoms with Gasteiger partial charge in [-0.3, -0.25) is 37.3 Å². The number of hydrogen-bond donors (Lipinski definition) is 3. The molecule has 0 aromatic heterocycles. The Morgan fingerprint density at radius 3 is 0.791 bits per heavy atom. The Bertz CT molecular complexity index is 2800. The highest BCUT2D eigenvalue weighted by molar-refractivity contribution is 7.47. The van der Waals surface area contributed by atoms with E-state index in [-0.39, 0.29) is 25.7 Å². The number of phosphoric acid groups is 2. The highest BCUT2D eigenvalue weighted by atomic mass is 31.2. The lowest BCUT2D eigenvalue weighted by molar-refractivity contribution is -0.161. The number of carbonyl (C=O) groups is 4. The van der Waals surface area contributed by atoms with Crippen LogP contribution in [0.15, 0.2) is 182 Å². The van der Waals surface area contributed by atoms with E-state index in [1.54, 1.807) is 0 Å². The van der Waals surface area contributed by atoms with Crippen molar-refractivity contribution in [2.24, 2.45) is 0 Å². The first-order chi connectivity index (χ1) is 53.7. The van der Waals surface area contributed by atoms with E-state index in [0.717, 1.165) is 173 Å². The summed E-state index contributed by atoms with van der Waals surface area (Å²) in [6.45, 7) is 4.40. The van der Waals surface area contributed by atoms with Gasteiger partial charge in [-0.05, 0) is 148 Å². The fourth-order valence-corrected chi connectivity index (χ4v) is 12.2. The average molecular weight is 1580 g/mol. The van der Waals surface area contributed by atoms with Crippen molar-refractivity contribution >= 4 is 39.5 Å². The number of rotatable bonds is 77. The SMILES string of the molecule is CC/C=C\C/C=C\C/C=C\C/C=C\C/C=C\C/C=C\CCC(=O)OCC(COP(=O)(O)OCC(O)COP(=O)(O)OCC(COC(=O)CCCCC/C=C\C/C=C\C/C=C\C/C=C\C/C=C\CC)OC(=O)CCCCCCCCCCCCCCC)OC(=O)CCCCCCCC/C=C\C/C=C\C/C=C\C/C=C\CC. The normalized spacial score (nSPS) is 14.7. The first-order valence-corrected chi connectivity index (χ1v) is 45.0. The predicted molar refractivity (Wildman–Crippen MR) is 454 cm³/mol. The summed E-state index contributed by atoms with van der Waals surface area (Å²) in [4.78, 5) is 73.2. The number of aliphatic hydroxyl groups excluding tert-OH is 1. The summed E-state index contributed by atoms with van der Waals surface area (Å²) >= 11 is 0. The fraction of sp³-hybridized carbons (Fsp3) is 0.626. The van der Waals surface area contributed by atoms with Gasteiger partial charge in [0, 0.05) is 25.7 Å². The molecule has 0 saturated carbocycles. The van der Waals surface area contributed by atoms with Crippen LogP contribution in [0.25, 0.3) is 0 Å². The van der Waals surface area contributed by atoms with Crippen LogP contribution < -0.4 is 0 Å². The zero-order valence-corrected chi connectivity index (χ0v) is 70.1. The van der Waals surface area contributed by atoms with Gasteiger partial charge in [0.25, 0.3) is 0 Å². The number of phosphoric ester groups is 2. The number of hydrogen-bond acceptors (Lipinski definition) is 15. The molecule has 0 spiro atoms. The lowest BCUT2D eigenvalue weighted by atomic mass is 10.0. The summed E-state index contributed by atoms with van der Waals surface area (Å²) in [5.74, 6) is -2.33. The van der Waals surface area contributed by atoms with Crippen LogP contribution in [0.2, 0.25) is 0 Å². The Hall–Kier alpha value is -5.84. The van der Waals surface area contributed by atoms with Crippen molar-refractivity contribution in [2.75, 3.05) is 39.6 Å². The third-order valence-corrected chi connectivity index (χ3v) is 18.8. The van der Waals surface area contributed by atoms with Crippen LogP contribution >= 0.6 is 15.6 Å². The van der Waals surface area contributed by atoms with Crippen molar-refractivity contribution in [3.05, 3.63) is 182 Å². The van der Waals surface area contributed by atoms with E-state index in [1.165, 1.54) is 51.4 Å². The minimum Gasteiger partial charge on any atom is -0.462 e. The van der Waals surface area contributed by atoms with Gasteiger partial charge in [-0.2, -0.15) is 0 Å². The van der Waals surface area contributed by atoms with E-state index >= 15 is 0 Å². The summed E-state index contributed by atoms with van der Waals surface area (Å²) in [5.41, 5.74) is 0. The number of carbonyl (C=O) groups excluding carboxylic acids is 4. The second-order valence-corrected chi connectivity index (χ2v) is 30.2. The molecule has 0 aliphatic heterocycles. The van der Waals surface area contributed by atoms with Crippen molar-refractivity contribution in [3.8, 4) is 0 Å². The monoisotopic (exact) mass is 1580 g/mol. The van der Waals surface area contributed by atoms with E-state index in [1.807, 2.05) is 18.2 Å². The maximum absolute atomic E-state index is 13.1. The molecule has 0 aliphatic rings. The molecule has 0 saturated heterocycles. The summed E-state index contributed by atoms with van der Waals surface area (Å²) in [6.07, 6.45) is 98.7. The van der Waals surface area contributed by atoms with E-state index in [4.69, 9.17) is 37.0 Å². The second kappa shape index (κ2) is 81.2. The molecule has 0 fully saturated rings. The molecule has 0 amide bonds. The number of aliphatic hydroxyl groups is 1. The number of esters is 4. The van der Waals surface area contributed by atoms with Crippen LogP contribution in [0.1, 0.15) is 310 Å². The summed E-state index contributed by atoms with van der Waals surface area (Å²) in [5, 5.41) is 10.7. The number of ether oxygens (including phenoxy) is 4. The van der Waals surface area contributed by atoms with E-state index in [0.29, 0.717) is 32.1 Å². The summed E-state index contributed by atoms with van der Waals surface area (Å²) in [7, 11) is -10.0. The standard InChI is InChI=1S/C91H148O17P2/c1-5-9-13-17-21-25-29-33-36-39-42-45-48-52-55-59-63-67-71-75-88(93)101-81-86(107-90(95)77-73-69-65-61-57-51-32-28-24-20-16-12-8-4)83-105-109(97,98)103-79-85(92)80-104-110(99,100)106-84-87(108-91(96)78-74-70-66-62-58-54-50-47-44-41-38-35-31-27-23-19-15-11-7-3)82-102-89(94)76-72-68-64-60-56-53-49-46-43-40-37-34-30-26-22-18-14-10-6-2/h9-11,13-15,21-23,25-27,33-38,42-47,52-53,55-56,64,68,85-87,92H,5-8,12,16-20,24,28-32,39-41,48-51,54,57-63,65-67,69-84H2,1-4H3,(H,97,98)(H,99,100)/b13-9-,14-10-,15-11-,25-21-,26-22-,27-23-,36-33-,37-34-,38-35-,45-42-,46-43-,47-44-,55-52-,56-53-,68-64-. The van der Waals surface area contributed by atoms with Gasteiger partial charge >= 0.3 is 39.5 Å². The molecule has 0 radical (unpaired) electrons. The summed E-state index contributed by atoms with van der Waals surface area (Å²) < 4.78 is 68.7. The van der Waals surface area contributed by atoms with Crippen molar-refractivity contribution in [1.82, 2.24) is 0 Å². The number of allylic oxidation sites excluding steroid dienone is 30. The molecule has 0 aromatic carbocycles. The first-order valence-electron chi connectivity index (χ1n) is 42.0. The smallest absolute Gasteiger partial charge is 0.462 e.